The van der Waals surface area contributed by atoms with E-state index in [-0.39, 0.29) is 16.8 Å². The molecular formula is C32H22CoN8. The van der Waals surface area contributed by atoms with Crippen LogP contribution in [0.4, 0.5) is 46.5 Å². The maximum Gasteiger partial charge on any atom is 2.00 e. The fourth-order valence-electron chi connectivity index (χ4n) is 5.86. The first-order valence-electron chi connectivity index (χ1n) is 13.2. The molecule has 41 heavy (non-hydrogen) atoms. The van der Waals surface area contributed by atoms with Crippen LogP contribution in [0.2, 0.25) is 0 Å². The van der Waals surface area contributed by atoms with Crippen molar-refractivity contribution >= 4 is 89.6 Å². The first-order chi connectivity index (χ1) is 19.8. The number of benzene rings is 4. The number of nitrogens with one attached hydrogen (secondary N) is 6. The Morgan fingerprint density at radius 2 is 0.537 bits per heavy atom. The summed E-state index contributed by atoms with van der Waals surface area (Å²) in [5, 5.41) is 22.8. The van der Waals surface area contributed by atoms with Crippen LogP contribution in [-0.4, -0.2) is 9.97 Å². The topological polar surface area (TPSA) is 108 Å². The van der Waals surface area contributed by atoms with Crippen molar-refractivity contribution in [1.82, 2.24) is 19.9 Å². The number of nitrogens with zero attached hydrogens (tertiary/aromatic N) is 2. The molecular weight excluding hydrogens is 555 g/mol. The quantitative estimate of drug-likeness (QED) is 0.109. The molecule has 1 radical (unpaired) electrons. The molecule has 1 aliphatic heterocycles. The fraction of sp³-hybridized carbons (Fsp3) is 0. The summed E-state index contributed by atoms with van der Waals surface area (Å²) in [6.07, 6.45) is 0. The molecule has 9 rings (SSSR count). The van der Waals surface area contributed by atoms with Gasteiger partial charge in [-0.3, -0.25) is 0 Å². The fourth-order valence-corrected chi connectivity index (χ4v) is 5.86. The van der Waals surface area contributed by atoms with E-state index in [9.17, 15) is 0 Å². The molecule has 8 bridgehead atoms. The third-order valence-electron chi connectivity index (χ3n) is 7.73. The van der Waals surface area contributed by atoms with Gasteiger partial charge >= 0.3 is 16.8 Å². The molecule has 0 unspecified atom stereocenters. The van der Waals surface area contributed by atoms with E-state index in [2.05, 4.69) is 79.8 Å². The number of anilines is 8. The Balaban J connectivity index is 0.00000256. The van der Waals surface area contributed by atoms with Crippen LogP contribution in [0.25, 0.3) is 43.1 Å². The molecule has 0 aliphatic carbocycles. The van der Waals surface area contributed by atoms with Crippen molar-refractivity contribution in [2.24, 2.45) is 0 Å². The van der Waals surface area contributed by atoms with Crippen LogP contribution in [0.5, 0.6) is 0 Å². The zero-order chi connectivity index (χ0) is 26.2. The smallest absolute Gasteiger partial charge is 0.400 e. The second-order valence-corrected chi connectivity index (χ2v) is 10.1. The molecule has 0 saturated carbocycles. The molecule has 4 aromatic carbocycles. The molecule has 1 aliphatic rings. The molecule has 0 spiro atoms. The second kappa shape index (κ2) is 8.88. The van der Waals surface area contributed by atoms with E-state index in [0.29, 0.717) is 0 Å². The van der Waals surface area contributed by atoms with Crippen LogP contribution in [0.1, 0.15) is 0 Å². The maximum absolute atomic E-state index is 5.04. The summed E-state index contributed by atoms with van der Waals surface area (Å²) in [6, 6.07) is 33.1. The Morgan fingerprint density at radius 1 is 0.317 bits per heavy atom. The van der Waals surface area contributed by atoms with Gasteiger partial charge in [0, 0.05) is 44.8 Å². The summed E-state index contributed by atoms with van der Waals surface area (Å²) in [4.78, 5) is 17.2. The molecule has 8 aromatic rings. The van der Waals surface area contributed by atoms with E-state index in [1.165, 1.54) is 0 Å². The van der Waals surface area contributed by atoms with Crippen LogP contribution in [-0.2, 0) is 16.8 Å². The molecule has 9 heteroatoms. The van der Waals surface area contributed by atoms with Crippen LogP contribution >= 0.6 is 0 Å². The molecule has 4 aromatic heterocycles. The summed E-state index contributed by atoms with van der Waals surface area (Å²) in [5.74, 6) is 6.55. The van der Waals surface area contributed by atoms with Gasteiger partial charge < -0.3 is 41.2 Å². The van der Waals surface area contributed by atoms with Gasteiger partial charge in [0.1, 0.15) is 0 Å². The maximum atomic E-state index is 5.04. The van der Waals surface area contributed by atoms with E-state index < -0.39 is 0 Å². The summed E-state index contributed by atoms with van der Waals surface area (Å²) < 4.78 is 0. The van der Waals surface area contributed by atoms with Crippen molar-refractivity contribution in [1.29, 1.82) is 0 Å². The number of fused-ring (bicyclic) bond motifs is 20. The average Bonchev–Trinajstić information content (AvgIpc) is 3.73. The predicted molar refractivity (Wildman–Crippen MR) is 164 cm³/mol. The summed E-state index contributed by atoms with van der Waals surface area (Å²) in [6.45, 7) is 0. The van der Waals surface area contributed by atoms with Gasteiger partial charge in [-0.1, -0.05) is 97.1 Å². The number of aromatic amines is 2. The standard InChI is InChI=1S/C32H22N8.Co/c1-2-10-18-17(9-1)25-33-26(18)38-28-21-13-5-6-14-22(21)30(35-28)40-32-24-16-8-7-15-23(24)31(36-32)39-29-20-12-4-3-11-19(20)27(34-29)37-25;/h1-16,33,36-40H;/q-2;+2. The Hall–Kier alpha value is -5.25. The van der Waals surface area contributed by atoms with E-state index in [4.69, 9.17) is 9.97 Å². The van der Waals surface area contributed by atoms with Crippen LogP contribution in [0.3, 0.4) is 0 Å². The summed E-state index contributed by atoms with van der Waals surface area (Å²) in [7, 11) is 0. The molecule has 0 amide bonds. The van der Waals surface area contributed by atoms with Gasteiger partial charge in [0.2, 0.25) is 0 Å². The number of aromatic nitrogens is 4. The van der Waals surface area contributed by atoms with Gasteiger partial charge in [-0.2, -0.15) is 0 Å². The van der Waals surface area contributed by atoms with E-state index >= 15 is 0 Å². The van der Waals surface area contributed by atoms with E-state index in [1.807, 2.05) is 48.5 Å². The first-order valence-corrected chi connectivity index (χ1v) is 13.2. The molecule has 199 valence electrons. The monoisotopic (exact) mass is 577 g/mol. The molecule has 0 atom stereocenters. The van der Waals surface area contributed by atoms with Crippen molar-refractivity contribution in [3.8, 4) is 0 Å². The zero-order valence-corrected chi connectivity index (χ0v) is 22.5. The van der Waals surface area contributed by atoms with Gasteiger partial charge in [-0.15, -0.1) is 0 Å². The molecule has 0 saturated heterocycles. The van der Waals surface area contributed by atoms with E-state index in [0.717, 1.165) is 89.6 Å². The van der Waals surface area contributed by atoms with Crippen molar-refractivity contribution in [3.63, 3.8) is 0 Å². The number of hydrogen-bond donors (Lipinski definition) is 6. The number of H-pyrrole nitrogens is 2. The minimum atomic E-state index is 0. The van der Waals surface area contributed by atoms with Gasteiger partial charge in [0.25, 0.3) is 0 Å². The number of hydrogen-bond acceptors (Lipinski definition) is 4. The molecule has 5 heterocycles. The Morgan fingerprint density at radius 3 is 0.780 bits per heavy atom. The van der Waals surface area contributed by atoms with Gasteiger partial charge in [0.05, 0.1) is 23.3 Å². The van der Waals surface area contributed by atoms with Crippen LogP contribution in [0.15, 0.2) is 97.1 Å². The van der Waals surface area contributed by atoms with Crippen LogP contribution < -0.4 is 31.2 Å². The van der Waals surface area contributed by atoms with Crippen molar-refractivity contribution < 1.29 is 16.8 Å². The molecule has 8 nitrogen and oxygen atoms in total. The number of rotatable bonds is 0. The summed E-state index contributed by atoms with van der Waals surface area (Å²) >= 11 is 0. The molecule has 0 fully saturated rings. The zero-order valence-electron chi connectivity index (χ0n) is 21.5. The Kier molecular flexibility index (Phi) is 5.12. The van der Waals surface area contributed by atoms with Crippen molar-refractivity contribution in [2.75, 3.05) is 21.3 Å². The molecule has 6 N–H and O–H groups in total. The van der Waals surface area contributed by atoms with Gasteiger partial charge in [-0.25, -0.2) is 0 Å². The third kappa shape index (κ3) is 3.53. The average molecular weight is 578 g/mol. The largest absolute Gasteiger partial charge is 2.00 e. The van der Waals surface area contributed by atoms with Crippen molar-refractivity contribution in [3.05, 3.63) is 97.1 Å². The minimum absolute atomic E-state index is 0. The van der Waals surface area contributed by atoms with Gasteiger partial charge in [0.15, 0.2) is 0 Å². The SMILES string of the molecule is [Co+2].c1ccc2c3[n-]c(c2c1)Nc1[nH]c(c2ccccc12)Nc1[n-]c(c2ccccc12)Nc1[nH]c(c2ccccc12)N3. The Bertz CT molecular complexity index is 1780. The third-order valence-corrected chi connectivity index (χ3v) is 7.73. The summed E-state index contributed by atoms with van der Waals surface area (Å²) in [5.41, 5.74) is 0. The second-order valence-electron chi connectivity index (χ2n) is 10.1. The first kappa shape index (κ1) is 23.6. The Labute approximate surface area is 244 Å². The van der Waals surface area contributed by atoms with Gasteiger partial charge in [-0.05, 0) is 21.5 Å². The van der Waals surface area contributed by atoms with Crippen molar-refractivity contribution in [2.45, 2.75) is 0 Å². The van der Waals surface area contributed by atoms with E-state index in [1.54, 1.807) is 0 Å². The predicted octanol–water partition coefficient (Wildman–Crippen LogP) is 8.16. The minimum Gasteiger partial charge on any atom is -0.400 e. The van der Waals surface area contributed by atoms with Crippen LogP contribution in [0, 0.1) is 0 Å². The normalized spacial score (nSPS) is 12.5.